The van der Waals surface area contributed by atoms with Gasteiger partial charge in [-0.1, -0.05) is 31.5 Å². The van der Waals surface area contributed by atoms with Crippen LogP contribution in [0.3, 0.4) is 0 Å². The first-order valence-corrected chi connectivity index (χ1v) is 12.2. The molecule has 10 nitrogen and oxygen atoms in total. The van der Waals surface area contributed by atoms with Crippen molar-refractivity contribution in [2.45, 2.75) is 26.3 Å². The highest BCUT2D eigenvalue weighted by Crippen LogP contribution is 2.36. The van der Waals surface area contributed by atoms with E-state index >= 15 is 0 Å². The Morgan fingerprint density at radius 3 is 2.67 bits per heavy atom. The second-order valence-corrected chi connectivity index (χ2v) is 10.4. The molecule has 36 heavy (non-hydrogen) atoms. The van der Waals surface area contributed by atoms with Crippen molar-refractivity contribution in [3.05, 3.63) is 57.0 Å². The zero-order valence-corrected chi connectivity index (χ0v) is 22.0. The van der Waals surface area contributed by atoms with E-state index in [-0.39, 0.29) is 26.2 Å². The van der Waals surface area contributed by atoms with Gasteiger partial charge in [0.2, 0.25) is 5.91 Å². The average molecular weight is 581 g/mol. The molecule has 0 bridgehead atoms. The van der Waals surface area contributed by atoms with Crippen LogP contribution in [0.25, 0.3) is 0 Å². The van der Waals surface area contributed by atoms with Gasteiger partial charge in [0.05, 0.1) is 23.5 Å². The van der Waals surface area contributed by atoms with Crippen LogP contribution >= 0.6 is 27.5 Å². The third kappa shape index (κ3) is 7.59. The molecule has 12 heteroatoms. The van der Waals surface area contributed by atoms with Gasteiger partial charge in [0.15, 0.2) is 5.96 Å². The van der Waals surface area contributed by atoms with E-state index in [1.165, 1.54) is 12.1 Å². The fourth-order valence-electron chi connectivity index (χ4n) is 3.46. The normalized spacial score (nSPS) is 15.2. The van der Waals surface area contributed by atoms with E-state index in [4.69, 9.17) is 11.6 Å². The Morgan fingerprint density at radius 1 is 1.25 bits per heavy atom. The lowest BCUT2D eigenvalue weighted by molar-refractivity contribution is -0.137. The number of carboxylic acids is 1. The maximum Gasteiger partial charge on any atom is 0.305 e. The van der Waals surface area contributed by atoms with Gasteiger partial charge in [0, 0.05) is 40.3 Å². The lowest BCUT2D eigenvalue weighted by Crippen LogP contribution is -2.44. The van der Waals surface area contributed by atoms with Gasteiger partial charge in [-0.25, -0.2) is 0 Å². The SMILES string of the molecule is CC1(C)CN=C(Nc2cccc(C(=O)NCC(=O)NC(CC(=O)O)c3cc(Cl)cc(Br)c3O)c2)NC1. The lowest BCUT2D eigenvalue weighted by Gasteiger charge is -2.29. The smallest absolute Gasteiger partial charge is 0.305 e. The standard InChI is InChI=1S/C24H27BrClN5O5/c1-24(2)11-28-23(29-12-24)30-15-5-3-4-13(6-15)22(36)27-10-19(32)31-18(9-20(33)34)16-7-14(26)8-17(25)21(16)35/h3-8,18,35H,9-12H2,1-2H3,(H,27,36)(H,31,32)(H,33,34)(H2,28,29,30). The van der Waals surface area contributed by atoms with Crippen molar-refractivity contribution in [3.63, 3.8) is 0 Å². The number of hydrogen-bond acceptors (Lipinski definition) is 7. The summed E-state index contributed by atoms with van der Waals surface area (Å²) < 4.78 is 0.259. The van der Waals surface area contributed by atoms with Crippen LogP contribution in [0, 0.1) is 5.41 Å². The van der Waals surface area contributed by atoms with Crippen LogP contribution in [0.4, 0.5) is 5.69 Å². The number of aromatic hydroxyl groups is 1. The quantitative estimate of drug-likeness (QED) is 0.280. The number of amides is 2. The molecule has 0 radical (unpaired) electrons. The Kier molecular flexibility index (Phi) is 8.80. The fourth-order valence-corrected chi connectivity index (χ4v) is 4.29. The molecular weight excluding hydrogens is 554 g/mol. The van der Waals surface area contributed by atoms with Gasteiger partial charge in [-0.15, -0.1) is 0 Å². The number of aliphatic imine (C=N–C) groups is 1. The van der Waals surface area contributed by atoms with Crippen LogP contribution in [0.2, 0.25) is 5.02 Å². The molecule has 192 valence electrons. The summed E-state index contributed by atoms with van der Waals surface area (Å²) in [5, 5.41) is 31.2. The summed E-state index contributed by atoms with van der Waals surface area (Å²) >= 11 is 9.17. The van der Waals surface area contributed by atoms with Crippen molar-refractivity contribution in [1.82, 2.24) is 16.0 Å². The first kappa shape index (κ1) is 27.3. The molecule has 0 aliphatic carbocycles. The second-order valence-electron chi connectivity index (χ2n) is 9.11. The summed E-state index contributed by atoms with van der Waals surface area (Å²) in [7, 11) is 0. The van der Waals surface area contributed by atoms with Gasteiger partial charge >= 0.3 is 5.97 Å². The minimum Gasteiger partial charge on any atom is -0.506 e. The van der Waals surface area contributed by atoms with Crippen molar-refractivity contribution >= 4 is 57.0 Å². The minimum absolute atomic E-state index is 0.0684. The van der Waals surface area contributed by atoms with Crippen LogP contribution in [0.1, 0.15) is 42.2 Å². The highest BCUT2D eigenvalue weighted by Gasteiger charge is 2.24. The minimum atomic E-state index is -1.19. The van der Waals surface area contributed by atoms with Crippen molar-refractivity contribution < 1.29 is 24.6 Å². The number of nitrogens with zero attached hydrogens (tertiary/aromatic N) is 1. The molecule has 0 aromatic heterocycles. The van der Waals surface area contributed by atoms with Gasteiger partial charge in [0.1, 0.15) is 5.75 Å². The van der Waals surface area contributed by atoms with Gasteiger partial charge in [0.25, 0.3) is 5.91 Å². The number of carboxylic acid groups (broad SMARTS) is 1. The van der Waals surface area contributed by atoms with Crippen LogP contribution < -0.4 is 21.3 Å². The molecule has 1 unspecified atom stereocenters. The van der Waals surface area contributed by atoms with E-state index in [1.807, 2.05) is 0 Å². The molecule has 0 saturated carbocycles. The van der Waals surface area contributed by atoms with Gasteiger partial charge < -0.3 is 31.5 Å². The molecule has 6 N–H and O–H groups in total. The molecule has 3 rings (SSSR count). The highest BCUT2D eigenvalue weighted by atomic mass is 79.9. The van der Waals surface area contributed by atoms with Gasteiger partial charge in [-0.05, 0) is 46.3 Å². The van der Waals surface area contributed by atoms with Crippen molar-refractivity contribution in [1.29, 1.82) is 0 Å². The predicted molar refractivity (Wildman–Crippen MR) is 140 cm³/mol. The van der Waals surface area contributed by atoms with E-state index in [0.717, 1.165) is 6.54 Å². The second kappa shape index (κ2) is 11.6. The summed E-state index contributed by atoms with van der Waals surface area (Å²) in [6, 6.07) is 8.48. The van der Waals surface area contributed by atoms with Crippen LogP contribution in [-0.2, 0) is 9.59 Å². The molecule has 1 atom stereocenters. The number of benzene rings is 2. The van der Waals surface area contributed by atoms with Crippen LogP contribution in [-0.4, -0.2) is 53.6 Å². The monoisotopic (exact) mass is 579 g/mol. The van der Waals surface area contributed by atoms with E-state index in [9.17, 15) is 24.6 Å². The predicted octanol–water partition coefficient (Wildman–Crippen LogP) is 3.27. The summed E-state index contributed by atoms with van der Waals surface area (Å²) in [4.78, 5) is 41.0. The zero-order valence-electron chi connectivity index (χ0n) is 19.7. The number of anilines is 1. The number of carbonyl (C=O) groups is 3. The van der Waals surface area contributed by atoms with E-state index in [1.54, 1.807) is 24.3 Å². The number of aliphatic carboxylic acids is 1. The molecule has 2 aromatic rings. The Bertz CT molecular complexity index is 1200. The highest BCUT2D eigenvalue weighted by molar-refractivity contribution is 9.10. The molecule has 0 fully saturated rings. The Morgan fingerprint density at radius 2 is 2.00 bits per heavy atom. The average Bonchev–Trinajstić information content (AvgIpc) is 2.80. The van der Waals surface area contributed by atoms with Crippen molar-refractivity contribution in [3.8, 4) is 5.75 Å². The van der Waals surface area contributed by atoms with Crippen molar-refractivity contribution in [2.75, 3.05) is 25.0 Å². The van der Waals surface area contributed by atoms with Gasteiger partial charge in [-0.3, -0.25) is 19.4 Å². The Labute approximate surface area is 221 Å². The molecule has 1 aliphatic heterocycles. The third-order valence-electron chi connectivity index (χ3n) is 5.34. The summed E-state index contributed by atoms with van der Waals surface area (Å²) in [5.41, 5.74) is 1.18. The molecular formula is C24H27BrClN5O5. The number of rotatable bonds is 8. The van der Waals surface area contributed by atoms with E-state index < -0.39 is 36.8 Å². The molecule has 2 aromatic carbocycles. The summed E-state index contributed by atoms with van der Waals surface area (Å²) in [5.74, 6) is -1.93. The van der Waals surface area contributed by atoms with Crippen LogP contribution in [0.5, 0.6) is 5.75 Å². The zero-order chi connectivity index (χ0) is 26.5. The molecule has 1 aliphatic rings. The number of halogens is 2. The molecule has 0 spiro atoms. The maximum atomic E-state index is 12.6. The summed E-state index contributed by atoms with van der Waals surface area (Å²) in [6.07, 6.45) is -0.497. The molecule has 1 heterocycles. The van der Waals surface area contributed by atoms with E-state index in [0.29, 0.717) is 23.8 Å². The van der Waals surface area contributed by atoms with Crippen molar-refractivity contribution in [2.24, 2.45) is 10.4 Å². The van der Waals surface area contributed by atoms with E-state index in [2.05, 4.69) is 56.0 Å². The number of guanidine groups is 1. The summed E-state index contributed by atoms with van der Waals surface area (Å²) in [6.45, 7) is 5.26. The topological polar surface area (TPSA) is 152 Å². The maximum absolute atomic E-state index is 12.6. The largest absolute Gasteiger partial charge is 0.506 e. The number of hydrogen-bond donors (Lipinski definition) is 6. The first-order chi connectivity index (χ1) is 16.9. The Hall–Kier alpha value is -3.31. The number of phenolic OH excluding ortho intramolecular Hbond substituents is 1. The van der Waals surface area contributed by atoms with Crippen LogP contribution in [0.15, 0.2) is 45.9 Å². The fraction of sp³-hybridized carbons (Fsp3) is 0.333. The molecule has 2 amide bonds. The first-order valence-electron chi connectivity index (χ1n) is 11.1. The molecule has 0 saturated heterocycles. The number of phenols is 1. The number of nitrogens with one attached hydrogen (secondary N) is 4. The van der Waals surface area contributed by atoms with Gasteiger partial charge in [-0.2, -0.15) is 0 Å². The lowest BCUT2D eigenvalue weighted by atomic mass is 9.93. The number of carbonyl (C=O) groups excluding carboxylic acids is 2. The third-order valence-corrected chi connectivity index (χ3v) is 6.17. The Balaban J connectivity index is 1.62.